The van der Waals surface area contributed by atoms with E-state index in [1.54, 1.807) is 0 Å². The summed E-state index contributed by atoms with van der Waals surface area (Å²) in [5, 5.41) is 0. The van der Waals surface area contributed by atoms with Gasteiger partial charge in [-0.2, -0.15) is 8.42 Å². The van der Waals surface area contributed by atoms with Crippen molar-refractivity contribution in [3.8, 4) is 0 Å². The minimum absolute atomic E-state index is 0.260. The number of rotatable bonds is 2. The zero-order valence-electron chi connectivity index (χ0n) is 13.4. The van der Waals surface area contributed by atoms with E-state index in [9.17, 15) is 0 Å². The largest absolute Gasteiger partial charge is 0.399 e. The molecule has 0 aromatic heterocycles. The van der Waals surface area contributed by atoms with Crippen LogP contribution in [0.25, 0.3) is 0 Å². The summed E-state index contributed by atoms with van der Waals surface area (Å²) in [4.78, 5) is 0. The van der Waals surface area contributed by atoms with Gasteiger partial charge in [0.25, 0.3) is 0 Å². The Hall–Kier alpha value is -2.45. The van der Waals surface area contributed by atoms with Gasteiger partial charge in [0.05, 0.1) is 5.54 Å². The third-order valence-corrected chi connectivity index (χ3v) is 3.75. The zero-order valence-corrected chi connectivity index (χ0v) is 14.2. The fourth-order valence-electron chi connectivity index (χ4n) is 2.51. The second-order valence-electron chi connectivity index (χ2n) is 5.66. The quantitative estimate of drug-likeness (QED) is 0.370. The lowest BCUT2D eigenvalue weighted by molar-refractivity contribution is 0.381. The van der Waals surface area contributed by atoms with Gasteiger partial charge < -0.3 is 11.5 Å². The van der Waals surface area contributed by atoms with Gasteiger partial charge in [0.1, 0.15) is 0 Å². The topological polar surface area (TPSA) is 127 Å². The number of benzene rings is 2. The molecule has 132 valence electrons. The van der Waals surface area contributed by atoms with Crippen LogP contribution in [-0.4, -0.2) is 17.5 Å². The highest BCUT2D eigenvalue weighted by Crippen LogP contribution is 2.31. The van der Waals surface area contributed by atoms with E-state index in [1.165, 1.54) is 5.56 Å². The van der Waals surface area contributed by atoms with E-state index in [0.717, 1.165) is 11.3 Å². The van der Waals surface area contributed by atoms with E-state index in [1.807, 2.05) is 30.3 Å². The molecule has 1 aliphatic rings. The first-order valence-electron chi connectivity index (χ1n) is 7.46. The van der Waals surface area contributed by atoms with Gasteiger partial charge in [-0.05, 0) is 23.3 Å². The molecule has 0 radical (unpaired) electrons. The molecule has 0 spiro atoms. The van der Waals surface area contributed by atoms with Crippen LogP contribution < -0.4 is 11.5 Å². The number of nitrogens with two attached hydrogens (primary N) is 2. The first kappa shape index (κ1) is 18.9. The summed E-state index contributed by atoms with van der Waals surface area (Å²) in [5.41, 5.74) is 14.8. The van der Waals surface area contributed by atoms with Crippen LogP contribution in [0.15, 0.2) is 78.9 Å². The molecule has 0 unspecified atom stereocenters. The van der Waals surface area contributed by atoms with Gasteiger partial charge in [-0.25, -0.2) is 0 Å². The van der Waals surface area contributed by atoms with Crippen LogP contribution in [0.2, 0.25) is 0 Å². The van der Waals surface area contributed by atoms with Crippen molar-refractivity contribution in [1.82, 2.24) is 0 Å². The number of anilines is 1. The minimum Gasteiger partial charge on any atom is -0.399 e. The third kappa shape index (κ3) is 5.84. The van der Waals surface area contributed by atoms with Gasteiger partial charge in [-0.3, -0.25) is 9.11 Å². The number of nitrogen functional groups attached to an aromatic ring is 1. The number of hydrogen-bond donors (Lipinski definition) is 4. The average molecular weight is 360 g/mol. The summed E-state index contributed by atoms with van der Waals surface area (Å²) >= 11 is 0. The predicted octanol–water partition coefficient (Wildman–Crippen LogP) is 2.68. The van der Waals surface area contributed by atoms with Crippen LogP contribution in [0, 0.1) is 0 Å². The van der Waals surface area contributed by atoms with E-state index < -0.39 is 15.9 Å². The van der Waals surface area contributed by atoms with Crippen molar-refractivity contribution in [1.29, 1.82) is 0 Å². The molecule has 6 N–H and O–H groups in total. The normalized spacial score (nSPS) is 22.1. The summed E-state index contributed by atoms with van der Waals surface area (Å²) in [5.74, 6) is 0.260. The van der Waals surface area contributed by atoms with Gasteiger partial charge in [0.2, 0.25) is 0 Å². The highest BCUT2D eigenvalue weighted by Gasteiger charge is 2.24. The molecule has 0 amide bonds. The molecule has 0 saturated carbocycles. The molecule has 0 aliphatic heterocycles. The van der Waals surface area contributed by atoms with Crippen molar-refractivity contribution < 1.29 is 17.5 Å². The fourth-order valence-corrected chi connectivity index (χ4v) is 2.51. The maximum Gasteiger partial charge on any atom is 0.394 e. The van der Waals surface area contributed by atoms with Crippen molar-refractivity contribution >= 4 is 16.1 Å². The van der Waals surface area contributed by atoms with Crippen molar-refractivity contribution in [2.24, 2.45) is 5.73 Å². The van der Waals surface area contributed by atoms with E-state index in [2.05, 4.69) is 48.6 Å². The minimum atomic E-state index is -4.67. The van der Waals surface area contributed by atoms with Crippen LogP contribution >= 0.6 is 0 Å². The summed E-state index contributed by atoms with van der Waals surface area (Å²) in [7, 11) is -4.67. The molecule has 0 heterocycles. The van der Waals surface area contributed by atoms with Crippen LogP contribution in [-0.2, 0) is 15.9 Å². The lowest BCUT2D eigenvalue weighted by Crippen LogP contribution is -2.33. The van der Waals surface area contributed by atoms with Gasteiger partial charge in [0.15, 0.2) is 0 Å². The van der Waals surface area contributed by atoms with Crippen molar-refractivity contribution in [2.75, 3.05) is 5.73 Å². The number of allylic oxidation sites excluding steroid dienone is 2. The van der Waals surface area contributed by atoms with E-state index in [4.69, 9.17) is 29.0 Å². The molecule has 0 atom stereocenters. The molecule has 3 rings (SSSR count). The predicted molar refractivity (Wildman–Crippen MR) is 98.4 cm³/mol. The monoisotopic (exact) mass is 360 g/mol. The highest BCUT2D eigenvalue weighted by atomic mass is 32.3. The Balaban J connectivity index is 0.000000399. The zero-order chi connectivity index (χ0) is 18.5. The van der Waals surface area contributed by atoms with E-state index in [-0.39, 0.29) is 5.92 Å². The van der Waals surface area contributed by atoms with Crippen LogP contribution in [0.3, 0.4) is 0 Å². The SMILES string of the molecule is Nc1ccc(C2C=CC(N)(c3ccccc3)C=C2)cc1.O=S(=O)(O)O. The first-order chi connectivity index (χ1) is 11.7. The van der Waals surface area contributed by atoms with Crippen molar-refractivity contribution in [2.45, 2.75) is 11.5 Å². The second-order valence-corrected chi connectivity index (χ2v) is 6.55. The van der Waals surface area contributed by atoms with Gasteiger partial charge >= 0.3 is 10.4 Å². The highest BCUT2D eigenvalue weighted by molar-refractivity contribution is 7.79. The molecule has 0 saturated heterocycles. The summed E-state index contributed by atoms with van der Waals surface area (Å²) in [6.45, 7) is 0. The maximum absolute atomic E-state index is 8.74. The Morgan fingerprint density at radius 2 is 1.36 bits per heavy atom. The fraction of sp³-hybridized carbons (Fsp3) is 0.111. The lowest BCUT2D eigenvalue weighted by Gasteiger charge is -2.27. The Morgan fingerprint density at radius 1 is 0.880 bits per heavy atom. The van der Waals surface area contributed by atoms with E-state index >= 15 is 0 Å². The Morgan fingerprint density at radius 3 is 1.84 bits per heavy atom. The lowest BCUT2D eigenvalue weighted by atomic mass is 9.82. The first-order valence-corrected chi connectivity index (χ1v) is 8.85. The average Bonchev–Trinajstić information content (AvgIpc) is 2.56. The molecule has 25 heavy (non-hydrogen) atoms. The third-order valence-electron chi connectivity index (χ3n) is 3.75. The molecule has 2 aromatic rings. The van der Waals surface area contributed by atoms with Crippen LogP contribution in [0.5, 0.6) is 0 Å². The molecule has 0 bridgehead atoms. The Bertz CT molecular complexity index is 838. The molecule has 0 fully saturated rings. The molecular formula is C18H20N2O4S. The Kier molecular flexibility index (Phi) is 5.76. The van der Waals surface area contributed by atoms with Crippen LogP contribution in [0.1, 0.15) is 17.0 Å². The maximum atomic E-state index is 8.74. The van der Waals surface area contributed by atoms with Crippen LogP contribution in [0.4, 0.5) is 5.69 Å². The summed E-state index contributed by atoms with van der Waals surface area (Å²) < 4.78 is 31.6. The molecule has 6 nitrogen and oxygen atoms in total. The van der Waals surface area contributed by atoms with E-state index in [0.29, 0.717) is 0 Å². The standard InChI is InChI=1S/C18H18N2.H2O4S/c19-17-8-6-14(7-9-17)15-10-12-18(20,13-11-15)16-4-2-1-3-5-16;1-5(2,3)4/h1-13,15H,19-20H2;(H2,1,2,3,4). The van der Waals surface area contributed by atoms with Gasteiger partial charge in [0, 0.05) is 11.6 Å². The molecule has 7 heteroatoms. The second kappa shape index (κ2) is 7.62. The molecule has 2 aromatic carbocycles. The summed E-state index contributed by atoms with van der Waals surface area (Å²) in [6.07, 6.45) is 8.45. The molecular weight excluding hydrogens is 340 g/mol. The van der Waals surface area contributed by atoms with Crippen molar-refractivity contribution in [3.05, 3.63) is 90.0 Å². The smallest absolute Gasteiger partial charge is 0.394 e. The Labute approximate surface area is 147 Å². The van der Waals surface area contributed by atoms with Crippen molar-refractivity contribution in [3.63, 3.8) is 0 Å². The van der Waals surface area contributed by atoms with Gasteiger partial charge in [-0.1, -0.05) is 66.8 Å². The summed E-state index contributed by atoms with van der Waals surface area (Å²) in [6, 6.07) is 18.1. The van der Waals surface area contributed by atoms with Gasteiger partial charge in [-0.15, -0.1) is 0 Å². The number of hydrogen-bond acceptors (Lipinski definition) is 4. The molecule has 1 aliphatic carbocycles.